The van der Waals surface area contributed by atoms with Crippen LogP contribution in [0.4, 0.5) is 0 Å². The van der Waals surface area contributed by atoms with Crippen molar-refractivity contribution in [1.29, 1.82) is 5.26 Å². The van der Waals surface area contributed by atoms with Crippen LogP contribution in [0.15, 0.2) is 48.9 Å². The Kier molecular flexibility index (Phi) is 6.31. The first-order valence-corrected chi connectivity index (χ1v) is 10.6. The van der Waals surface area contributed by atoms with E-state index < -0.39 is 0 Å². The first-order valence-electron chi connectivity index (χ1n) is 10.6. The number of nitriles is 1. The summed E-state index contributed by atoms with van der Waals surface area (Å²) in [4.78, 5) is 21.0. The van der Waals surface area contributed by atoms with Gasteiger partial charge in [0.05, 0.1) is 42.7 Å². The van der Waals surface area contributed by atoms with Gasteiger partial charge in [0.15, 0.2) is 0 Å². The third-order valence-electron chi connectivity index (χ3n) is 5.40. The molecule has 2 aromatic heterocycles. The molecule has 32 heavy (non-hydrogen) atoms. The smallest absolute Gasteiger partial charge is 0.256 e. The largest absolute Gasteiger partial charge is 0.494 e. The van der Waals surface area contributed by atoms with Gasteiger partial charge in [0.25, 0.3) is 5.91 Å². The summed E-state index contributed by atoms with van der Waals surface area (Å²) in [7, 11) is 0. The molecule has 2 atom stereocenters. The van der Waals surface area contributed by atoms with Crippen molar-refractivity contribution in [1.82, 2.24) is 24.9 Å². The zero-order valence-corrected chi connectivity index (χ0v) is 18.0. The number of aromatic nitrogens is 4. The van der Waals surface area contributed by atoms with Crippen molar-refractivity contribution in [2.75, 3.05) is 13.2 Å². The Hall–Kier alpha value is -3.93. The number of ether oxygens (including phenoxy) is 2. The highest BCUT2D eigenvalue weighted by atomic mass is 16.5. The fourth-order valence-electron chi connectivity index (χ4n) is 3.78. The van der Waals surface area contributed by atoms with Gasteiger partial charge in [-0.1, -0.05) is 0 Å². The normalized spacial score (nSPS) is 18.1. The number of benzene rings is 1. The highest BCUT2D eigenvalue weighted by Crippen LogP contribution is 2.27. The van der Waals surface area contributed by atoms with Gasteiger partial charge < -0.3 is 14.4 Å². The SMILES string of the molecule is CCOc1ccc(C(=O)N2C[C@H](Oc3cc(C#N)ccn3)CC[C@H]2C)c(-n2nccn2)c1. The van der Waals surface area contributed by atoms with E-state index in [1.807, 2.05) is 18.7 Å². The van der Waals surface area contributed by atoms with Crippen LogP contribution in [0.25, 0.3) is 5.69 Å². The van der Waals surface area contributed by atoms with Crippen LogP contribution in [0.3, 0.4) is 0 Å². The van der Waals surface area contributed by atoms with Crippen LogP contribution >= 0.6 is 0 Å². The summed E-state index contributed by atoms with van der Waals surface area (Å²) < 4.78 is 11.6. The van der Waals surface area contributed by atoms with Crippen molar-refractivity contribution >= 4 is 5.91 Å². The molecule has 9 heteroatoms. The van der Waals surface area contributed by atoms with E-state index in [1.54, 1.807) is 48.9 Å². The summed E-state index contributed by atoms with van der Waals surface area (Å²) in [6.07, 6.45) is 6.05. The number of carbonyl (C=O) groups excluding carboxylic acids is 1. The third kappa shape index (κ3) is 4.54. The number of nitrogens with zero attached hydrogens (tertiary/aromatic N) is 6. The molecular formula is C23H24N6O3. The Morgan fingerprint density at radius 2 is 2.00 bits per heavy atom. The van der Waals surface area contributed by atoms with Gasteiger partial charge in [0.1, 0.15) is 17.5 Å². The minimum atomic E-state index is -0.217. The fourth-order valence-corrected chi connectivity index (χ4v) is 3.78. The van der Waals surface area contributed by atoms with E-state index in [4.69, 9.17) is 14.7 Å². The summed E-state index contributed by atoms with van der Waals surface area (Å²) in [5.41, 5.74) is 1.53. The minimum absolute atomic E-state index is 0.0470. The molecule has 1 saturated heterocycles. The lowest BCUT2D eigenvalue weighted by molar-refractivity contribution is 0.0372. The van der Waals surface area contributed by atoms with Crippen molar-refractivity contribution < 1.29 is 14.3 Å². The molecule has 3 heterocycles. The van der Waals surface area contributed by atoms with Crippen molar-refractivity contribution in [3.63, 3.8) is 0 Å². The van der Waals surface area contributed by atoms with E-state index in [1.165, 1.54) is 4.80 Å². The van der Waals surface area contributed by atoms with Crippen LogP contribution in [0, 0.1) is 11.3 Å². The zero-order valence-electron chi connectivity index (χ0n) is 18.0. The lowest BCUT2D eigenvalue weighted by Crippen LogP contribution is -2.49. The highest BCUT2D eigenvalue weighted by Gasteiger charge is 2.32. The molecule has 3 aromatic rings. The number of hydrogen-bond acceptors (Lipinski definition) is 7. The first-order chi connectivity index (χ1) is 15.6. The van der Waals surface area contributed by atoms with Crippen LogP contribution in [-0.4, -0.2) is 56.1 Å². The molecule has 9 nitrogen and oxygen atoms in total. The van der Waals surface area contributed by atoms with Crippen molar-refractivity contribution in [3.05, 3.63) is 60.0 Å². The summed E-state index contributed by atoms with van der Waals surface area (Å²) in [5.74, 6) is 0.908. The summed E-state index contributed by atoms with van der Waals surface area (Å²) in [5, 5.41) is 17.5. The van der Waals surface area contributed by atoms with Crippen molar-refractivity contribution in [2.24, 2.45) is 0 Å². The van der Waals surface area contributed by atoms with E-state index in [0.717, 1.165) is 12.8 Å². The predicted molar refractivity (Wildman–Crippen MR) is 116 cm³/mol. The van der Waals surface area contributed by atoms with Crippen LogP contribution in [-0.2, 0) is 0 Å². The van der Waals surface area contributed by atoms with Gasteiger partial charge in [0.2, 0.25) is 5.88 Å². The maximum absolute atomic E-state index is 13.6. The maximum Gasteiger partial charge on any atom is 0.256 e. The summed E-state index contributed by atoms with van der Waals surface area (Å²) in [6, 6.07) is 10.7. The van der Waals surface area contributed by atoms with Crippen LogP contribution in [0.1, 0.15) is 42.6 Å². The van der Waals surface area contributed by atoms with Crippen LogP contribution in [0.2, 0.25) is 0 Å². The van der Waals surface area contributed by atoms with E-state index in [2.05, 4.69) is 21.3 Å². The van der Waals surface area contributed by atoms with Crippen molar-refractivity contribution in [3.8, 4) is 23.4 Å². The molecule has 0 aliphatic carbocycles. The van der Waals surface area contributed by atoms with Crippen LogP contribution < -0.4 is 9.47 Å². The Morgan fingerprint density at radius 3 is 2.75 bits per heavy atom. The second-order valence-corrected chi connectivity index (χ2v) is 7.55. The standard InChI is InChI=1S/C23H24N6O3/c1-3-31-18-6-7-20(21(13-18)29-26-10-11-27-29)23(30)28-15-19(5-4-16(28)2)32-22-12-17(14-24)8-9-25-22/h6-13,16,19H,3-5,15H2,1-2H3/t16-,19-/m1/s1. The Bertz CT molecular complexity index is 1130. The number of hydrogen-bond donors (Lipinski definition) is 0. The van der Waals surface area contributed by atoms with E-state index in [9.17, 15) is 4.79 Å². The topological polar surface area (TPSA) is 106 Å². The zero-order chi connectivity index (χ0) is 22.5. The molecule has 1 amide bonds. The molecule has 4 rings (SSSR count). The number of rotatable bonds is 6. The quantitative estimate of drug-likeness (QED) is 0.589. The molecule has 164 valence electrons. The Balaban J connectivity index is 1.58. The second-order valence-electron chi connectivity index (χ2n) is 7.55. The molecule has 0 spiro atoms. The van der Waals surface area contributed by atoms with Gasteiger partial charge in [-0.15, -0.1) is 0 Å². The molecule has 0 radical (unpaired) electrons. The number of pyridine rings is 1. The highest BCUT2D eigenvalue weighted by molar-refractivity contribution is 5.98. The van der Waals surface area contributed by atoms with E-state index in [0.29, 0.717) is 41.6 Å². The first kappa shape index (κ1) is 21.3. The van der Waals surface area contributed by atoms with E-state index in [-0.39, 0.29) is 18.1 Å². The number of amides is 1. The molecule has 1 aliphatic rings. The molecule has 0 saturated carbocycles. The molecule has 0 unspecified atom stereocenters. The fraction of sp³-hybridized carbons (Fsp3) is 0.348. The molecule has 1 aromatic carbocycles. The average molecular weight is 432 g/mol. The summed E-state index contributed by atoms with van der Waals surface area (Å²) >= 11 is 0. The molecule has 0 bridgehead atoms. The van der Waals surface area contributed by atoms with Gasteiger partial charge in [-0.2, -0.15) is 20.3 Å². The van der Waals surface area contributed by atoms with Gasteiger partial charge in [0, 0.05) is 24.4 Å². The maximum atomic E-state index is 13.6. The Morgan fingerprint density at radius 1 is 1.19 bits per heavy atom. The number of likely N-dealkylation sites (tertiary alicyclic amines) is 1. The van der Waals surface area contributed by atoms with Gasteiger partial charge in [-0.3, -0.25) is 4.79 Å². The van der Waals surface area contributed by atoms with Gasteiger partial charge >= 0.3 is 0 Å². The monoisotopic (exact) mass is 432 g/mol. The Labute approximate surface area is 186 Å². The average Bonchev–Trinajstić information content (AvgIpc) is 3.35. The molecule has 0 N–H and O–H groups in total. The number of carbonyl (C=O) groups is 1. The third-order valence-corrected chi connectivity index (χ3v) is 5.40. The lowest BCUT2D eigenvalue weighted by Gasteiger charge is -2.38. The van der Waals surface area contributed by atoms with Crippen molar-refractivity contribution in [2.45, 2.75) is 38.8 Å². The second kappa shape index (κ2) is 9.47. The minimum Gasteiger partial charge on any atom is -0.494 e. The van der Waals surface area contributed by atoms with Crippen LogP contribution in [0.5, 0.6) is 11.6 Å². The molecule has 1 fully saturated rings. The summed E-state index contributed by atoms with van der Waals surface area (Å²) in [6.45, 7) is 4.87. The predicted octanol–water partition coefficient (Wildman–Crippen LogP) is 3.00. The van der Waals surface area contributed by atoms with Gasteiger partial charge in [-0.25, -0.2) is 4.98 Å². The lowest BCUT2D eigenvalue weighted by atomic mass is 9.99. The molecule has 1 aliphatic heterocycles. The number of piperidine rings is 1. The van der Waals surface area contributed by atoms with E-state index >= 15 is 0 Å². The molecular weight excluding hydrogens is 408 g/mol. The van der Waals surface area contributed by atoms with Gasteiger partial charge in [-0.05, 0) is 44.9 Å².